The van der Waals surface area contributed by atoms with Gasteiger partial charge in [0.25, 0.3) is 0 Å². The molecule has 1 saturated carbocycles. The summed E-state index contributed by atoms with van der Waals surface area (Å²) in [7, 11) is 0. The predicted octanol–water partition coefficient (Wildman–Crippen LogP) is 2.72. The minimum absolute atomic E-state index is 0.402. The van der Waals surface area contributed by atoms with Crippen molar-refractivity contribution >= 4 is 15.9 Å². The molecule has 3 nitrogen and oxygen atoms in total. The van der Waals surface area contributed by atoms with E-state index in [4.69, 9.17) is 9.94 Å². The molecule has 4 heteroatoms. The lowest BCUT2D eigenvalue weighted by atomic mass is 10.2. The molecule has 0 radical (unpaired) electrons. The van der Waals surface area contributed by atoms with E-state index in [1.54, 1.807) is 0 Å². The summed E-state index contributed by atoms with van der Waals surface area (Å²) in [6.45, 7) is 1.19. The maximum Gasteiger partial charge on any atom is 0.123 e. The first-order valence-corrected chi connectivity index (χ1v) is 5.87. The van der Waals surface area contributed by atoms with Gasteiger partial charge in [0.1, 0.15) is 5.75 Å². The van der Waals surface area contributed by atoms with E-state index in [-0.39, 0.29) is 0 Å². The Morgan fingerprint density at radius 2 is 2.27 bits per heavy atom. The molecule has 1 aromatic rings. The van der Waals surface area contributed by atoms with Crippen LogP contribution in [0.3, 0.4) is 0 Å². The molecule has 0 bridgehead atoms. The molecule has 0 aliphatic heterocycles. The maximum absolute atomic E-state index is 8.70. The van der Waals surface area contributed by atoms with Gasteiger partial charge in [0.2, 0.25) is 0 Å². The third-order valence-corrected chi connectivity index (χ3v) is 2.96. The van der Waals surface area contributed by atoms with Crippen LogP contribution in [0.1, 0.15) is 18.4 Å². The van der Waals surface area contributed by atoms with E-state index in [1.165, 1.54) is 12.8 Å². The average Bonchev–Trinajstić information content (AvgIpc) is 3.01. The van der Waals surface area contributed by atoms with Gasteiger partial charge < -0.3 is 9.94 Å². The first-order chi connectivity index (χ1) is 7.29. The molecule has 0 atom stereocenters. The highest BCUT2D eigenvalue weighted by molar-refractivity contribution is 9.10. The summed E-state index contributed by atoms with van der Waals surface area (Å²) in [6.07, 6.45) is 2.56. The lowest BCUT2D eigenvalue weighted by Gasteiger charge is -2.10. The van der Waals surface area contributed by atoms with Crippen molar-refractivity contribution in [3.63, 3.8) is 0 Å². The SMILES string of the molecule is ONCc1cc(Br)ccc1OCC1CC1. The molecule has 1 fully saturated rings. The Balaban J connectivity index is 2.04. The zero-order valence-electron chi connectivity index (χ0n) is 8.37. The number of benzene rings is 1. The molecule has 15 heavy (non-hydrogen) atoms. The molecule has 0 unspecified atom stereocenters. The Kier molecular flexibility index (Phi) is 3.61. The van der Waals surface area contributed by atoms with Crippen molar-refractivity contribution in [1.29, 1.82) is 0 Å². The van der Waals surface area contributed by atoms with Gasteiger partial charge in [-0.3, -0.25) is 0 Å². The van der Waals surface area contributed by atoms with E-state index in [1.807, 2.05) is 18.2 Å². The van der Waals surface area contributed by atoms with Crippen LogP contribution in [0.15, 0.2) is 22.7 Å². The van der Waals surface area contributed by atoms with Crippen LogP contribution in [0.2, 0.25) is 0 Å². The molecule has 0 saturated heterocycles. The quantitative estimate of drug-likeness (QED) is 0.810. The second kappa shape index (κ2) is 4.96. The highest BCUT2D eigenvalue weighted by atomic mass is 79.9. The first kappa shape index (κ1) is 10.9. The van der Waals surface area contributed by atoms with Crippen LogP contribution in [0.5, 0.6) is 5.75 Å². The van der Waals surface area contributed by atoms with E-state index < -0.39 is 0 Å². The first-order valence-electron chi connectivity index (χ1n) is 5.08. The van der Waals surface area contributed by atoms with Crippen molar-refractivity contribution in [3.05, 3.63) is 28.2 Å². The van der Waals surface area contributed by atoms with Crippen molar-refractivity contribution in [2.45, 2.75) is 19.4 Å². The van der Waals surface area contributed by atoms with Crippen molar-refractivity contribution in [2.75, 3.05) is 6.61 Å². The summed E-state index contributed by atoms with van der Waals surface area (Å²) >= 11 is 3.39. The second-order valence-corrected chi connectivity index (χ2v) is 4.76. The Hall–Kier alpha value is -0.580. The van der Waals surface area contributed by atoms with Gasteiger partial charge in [0, 0.05) is 16.6 Å². The third-order valence-electron chi connectivity index (χ3n) is 2.46. The molecule has 0 spiro atoms. The van der Waals surface area contributed by atoms with Crippen LogP contribution in [0.25, 0.3) is 0 Å². The average molecular weight is 272 g/mol. The summed E-state index contributed by atoms with van der Waals surface area (Å²) in [5.74, 6) is 1.59. The zero-order chi connectivity index (χ0) is 10.7. The summed E-state index contributed by atoms with van der Waals surface area (Å²) < 4.78 is 6.69. The van der Waals surface area contributed by atoms with Crippen LogP contribution in [0.4, 0.5) is 0 Å². The predicted molar refractivity (Wildman–Crippen MR) is 61.0 cm³/mol. The summed E-state index contributed by atoms with van der Waals surface area (Å²) in [5.41, 5.74) is 3.12. The van der Waals surface area contributed by atoms with Crippen molar-refractivity contribution in [3.8, 4) is 5.75 Å². The minimum Gasteiger partial charge on any atom is -0.493 e. The maximum atomic E-state index is 8.70. The van der Waals surface area contributed by atoms with Gasteiger partial charge in [0.05, 0.1) is 6.61 Å². The van der Waals surface area contributed by atoms with E-state index in [2.05, 4.69) is 21.4 Å². The summed E-state index contributed by atoms with van der Waals surface area (Å²) in [6, 6.07) is 5.83. The summed E-state index contributed by atoms with van der Waals surface area (Å²) in [4.78, 5) is 0. The Labute approximate surface area is 97.5 Å². The van der Waals surface area contributed by atoms with E-state index in [0.717, 1.165) is 28.3 Å². The van der Waals surface area contributed by atoms with E-state index in [9.17, 15) is 0 Å². The monoisotopic (exact) mass is 271 g/mol. The van der Waals surface area contributed by atoms with Gasteiger partial charge in [-0.2, -0.15) is 0 Å². The topological polar surface area (TPSA) is 41.5 Å². The molecule has 0 aromatic heterocycles. The molecular weight excluding hydrogens is 258 g/mol. The van der Waals surface area contributed by atoms with Gasteiger partial charge in [-0.25, -0.2) is 5.48 Å². The highest BCUT2D eigenvalue weighted by Crippen LogP contribution is 2.31. The van der Waals surface area contributed by atoms with Crippen molar-refractivity contribution in [1.82, 2.24) is 5.48 Å². The Bertz CT molecular complexity index is 339. The lowest BCUT2D eigenvalue weighted by Crippen LogP contribution is -2.09. The van der Waals surface area contributed by atoms with Gasteiger partial charge in [0.15, 0.2) is 0 Å². The van der Waals surface area contributed by atoms with Crippen molar-refractivity contribution < 1.29 is 9.94 Å². The van der Waals surface area contributed by atoms with E-state index >= 15 is 0 Å². The fourth-order valence-electron chi connectivity index (χ4n) is 1.40. The largest absolute Gasteiger partial charge is 0.493 e. The summed E-state index contributed by atoms with van der Waals surface area (Å²) in [5, 5.41) is 8.70. The lowest BCUT2D eigenvalue weighted by molar-refractivity contribution is 0.159. The number of nitrogens with one attached hydrogen (secondary N) is 1. The Morgan fingerprint density at radius 1 is 1.47 bits per heavy atom. The van der Waals surface area contributed by atoms with Crippen LogP contribution in [0, 0.1) is 5.92 Å². The fourth-order valence-corrected chi connectivity index (χ4v) is 1.81. The standard InChI is InChI=1S/C11H14BrNO2/c12-10-3-4-11(9(5-10)6-13-14)15-7-8-1-2-8/h3-5,8,13-14H,1-2,6-7H2. The zero-order valence-corrected chi connectivity index (χ0v) is 9.96. The van der Waals surface area contributed by atoms with Gasteiger partial charge in [-0.15, -0.1) is 0 Å². The molecule has 0 amide bonds. The third kappa shape index (κ3) is 3.19. The Morgan fingerprint density at radius 3 is 2.93 bits per heavy atom. The fraction of sp³-hybridized carbons (Fsp3) is 0.455. The highest BCUT2D eigenvalue weighted by Gasteiger charge is 2.22. The van der Waals surface area contributed by atoms with Gasteiger partial charge in [-0.05, 0) is 37.0 Å². The molecule has 82 valence electrons. The number of halogens is 1. The number of hydroxylamine groups is 1. The molecule has 2 N–H and O–H groups in total. The molecule has 2 rings (SSSR count). The molecular formula is C11H14BrNO2. The number of hydrogen-bond acceptors (Lipinski definition) is 3. The number of hydrogen-bond donors (Lipinski definition) is 2. The van der Waals surface area contributed by atoms with Crippen LogP contribution in [-0.4, -0.2) is 11.8 Å². The molecule has 1 aliphatic carbocycles. The molecule has 0 heterocycles. The van der Waals surface area contributed by atoms with Crippen LogP contribution >= 0.6 is 15.9 Å². The van der Waals surface area contributed by atoms with Crippen LogP contribution in [-0.2, 0) is 6.54 Å². The van der Waals surface area contributed by atoms with E-state index in [0.29, 0.717) is 6.54 Å². The number of ether oxygens (including phenoxy) is 1. The van der Waals surface area contributed by atoms with Crippen molar-refractivity contribution in [2.24, 2.45) is 5.92 Å². The van der Waals surface area contributed by atoms with Crippen LogP contribution < -0.4 is 10.2 Å². The van der Waals surface area contributed by atoms with Gasteiger partial charge in [-0.1, -0.05) is 15.9 Å². The minimum atomic E-state index is 0.402. The second-order valence-electron chi connectivity index (χ2n) is 3.84. The number of rotatable bonds is 5. The normalized spacial score (nSPS) is 15.3. The van der Waals surface area contributed by atoms with Gasteiger partial charge >= 0.3 is 0 Å². The smallest absolute Gasteiger partial charge is 0.123 e. The molecule has 1 aliphatic rings. The molecule has 1 aromatic carbocycles.